The van der Waals surface area contributed by atoms with Crippen LogP contribution in [0, 0.1) is 0 Å². The summed E-state index contributed by atoms with van der Waals surface area (Å²) in [6.45, 7) is 3.20. The van der Waals surface area contributed by atoms with Gasteiger partial charge < -0.3 is 10.2 Å². The van der Waals surface area contributed by atoms with Gasteiger partial charge in [-0.1, -0.05) is 0 Å². The Bertz CT molecular complexity index is 190. The smallest absolute Gasteiger partial charge is 0.304 e. The van der Waals surface area contributed by atoms with Crippen molar-refractivity contribution in [3.05, 3.63) is 0 Å². The molecule has 4 nitrogen and oxygen atoms in total. The summed E-state index contributed by atoms with van der Waals surface area (Å²) in [6.07, 6.45) is 3.01. The molecule has 0 heterocycles. The highest BCUT2D eigenvalue weighted by atomic mass is 16.4. The van der Waals surface area contributed by atoms with Gasteiger partial charge in [0, 0.05) is 19.1 Å². The van der Waals surface area contributed by atoms with Crippen LogP contribution in [-0.2, 0) is 4.79 Å². The molecule has 1 saturated carbocycles. The topological polar surface area (TPSA) is 60.8 Å². The maximum atomic E-state index is 10.4. The van der Waals surface area contributed by atoms with Crippen LogP contribution in [0.3, 0.4) is 0 Å². The predicted octanol–water partition coefficient (Wildman–Crippen LogP) is 0.696. The highest BCUT2D eigenvalue weighted by molar-refractivity contribution is 5.66. The lowest BCUT2D eigenvalue weighted by Gasteiger charge is -2.21. The van der Waals surface area contributed by atoms with Crippen LogP contribution in [0.4, 0.5) is 0 Å². The zero-order chi connectivity index (χ0) is 10.6. The summed E-state index contributed by atoms with van der Waals surface area (Å²) in [5, 5.41) is 17.7. The number of hydrogen-bond acceptors (Lipinski definition) is 3. The Balaban J connectivity index is 2.20. The van der Waals surface area contributed by atoms with Crippen molar-refractivity contribution < 1.29 is 15.0 Å². The van der Waals surface area contributed by atoms with E-state index in [0.717, 1.165) is 13.0 Å². The van der Waals surface area contributed by atoms with Crippen LogP contribution in [-0.4, -0.2) is 46.3 Å². The lowest BCUT2D eigenvalue weighted by molar-refractivity contribution is -0.137. The average Bonchev–Trinajstić information content (AvgIpc) is 2.86. The van der Waals surface area contributed by atoms with Gasteiger partial charge in [-0.2, -0.15) is 0 Å². The molecule has 4 heteroatoms. The molecule has 1 unspecified atom stereocenters. The molecule has 2 N–H and O–H groups in total. The summed E-state index contributed by atoms with van der Waals surface area (Å²) in [6, 6.07) is 0.577. The first-order chi connectivity index (χ1) is 6.59. The van der Waals surface area contributed by atoms with Crippen LogP contribution >= 0.6 is 0 Å². The van der Waals surface area contributed by atoms with E-state index in [2.05, 4.69) is 4.90 Å². The summed E-state index contributed by atoms with van der Waals surface area (Å²) in [5.74, 6) is -0.743. The van der Waals surface area contributed by atoms with Gasteiger partial charge in [-0.25, -0.2) is 0 Å². The molecular weight excluding hydrogens is 182 g/mol. The van der Waals surface area contributed by atoms with Crippen molar-refractivity contribution in [1.29, 1.82) is 0 Å². The van der Waals surface area contributed by atoms with Gasteiger partial charge in [0.05, 0.1) is 12.5 Å². The van der Waals surface area contributed by atoms with Gasteiger partial charge >= 0.3 is 5.97 Å². The number of rotatable bonds is 7. The summed E-state index contributed by atoms with van der Waals surface area (Å²) < 4.78 is 0. The third-order valence-corrected chi connectivity index (χ3v) is 2.51. The van der Waals surface area contributed by atoms with Gasteiger partial charge in [0.25, 0.3) is 0 Å². The molecule has 0 bridgehead atoms. The third-order valence-electron chi connectivity index (χ3n) is 2.51. The summed E-state index contributed by atoms with van der Waals surface area (Å²) >= 11 is 0. The van der Waals surface area contributed by atoms with Crippen molar-refractivity contribution in [3.8, 4) is 0 Å². The van der Waals surface area contributed by atoms with Crippen LogP contribution in [0.25, 0.3) is 0 Å². The molecule has 1 aliphatic rings. The minimum Gasteiger partial charge on any atom is -0.481 e. The SMILES string of the molecule is CC(O)CCN(CCC(=O)O)C1CC1. The van der Waals surface area contributed by atoms with Crippen LogP contribution in [0.1, 0.15) is 32.6 Å². The number of aliphatic hydroxyl groups is 1. The first kappa shape index (κ1) is 11.5. The van der Waals surface area contributed by atoms with Crippen molar-refractivity contribution in [2.75, 3.05) is 13.1 Å². The molecule has 0 spiro atoms. The molecule has 0 saturated heterocycles. The van der Waals surface area contributed by atoms with Crippen molar-refractivity contribution in [1.82, 2.24) is 4.90 Å². The molecule has 14 heavy (non-hydrogen) atoms. The third kappa shape index (κ3) is 4.58. The largest absolute Gasteiger partial charge is 0.481 e. The molecule has 0 aromatic rings. The Morgan fingerprint density at radius 2 is 2.14 bits per heavy atom. The predicted molar refractivity (Wildman–Crippen MR) is 53.1 cm³/mol. The fourth-order valence-electron chi connectivity index (χ4n) is 1.51. The monoisotopic (exact) mass is 201 g/mol. The zero-order valence-electron chi connectivity index (χ0n) is 8.65. The van der Waals surface area contributed by atoms with Crippen molar-refractivity contribution in [3.63, 3.8) is 0 Å². The first-order valence-corrected chi connectivity index (χ1v) is 5.23. The molecule has 82 valence electrons. The highest BCUT2D eigenvalue weighted by Crippen LogP contribution is 2.27. The fourth-order valence-corrected chi connectivity index (χ4v) is 1.51. The lowest BCUT2D eigenvalue weighted by Crippen LogP contribution is -2.31. The fraction of sp³-hybridized carbons (Fsp3) is 0.900. The van der Waals surface area contributed by atoms with E-state index in [9.17, 15) is 4.79 Å². The van der Waals surface area contributed by atoms with Crippen molar-refractivity contribution in [2.45, 2.75) is 44.8 Å². The van der Waals surface area contributed by atoms with Gasteiger partial charge in [-0.15, -0.1) is 0 Å². The first-order valence-electron chi connectivity index (χ1n) is 5.23. The summed E-state index contributed by atoms with van der Waals surface area (Å²) in [4.78, 5) is 12.6. The van der Waals surface area contributed by atoms with Crippen LogP contribution in [0.5, 0.6) is 0 Å². The number of hydrogen-bond donors (Lipinski definition) is 2. The van der Waals surface area contributed by atoms with E-state index in [-0.39, 0.29) is 12.5 Å². The second-order valence-corrected chi connectivity index (χ2v) is 4.05. The summed E-state index contributed by atoms with van der Waals surface area (Å²) in [7, 11) is 0. The van der Waals surface area contributed by atoms with Gasteiger partial charge in [-0.05, 0) is 26.2 Å². The number of aliphatic carboxylic acids is 1. The van der Waals surface area contributed by atoms with Crippen molar-refractivity contribution in [2.24, 2.45) is 0 Å². The van der Waals surface area contributed by atoms with E-state index in [0.29, 0.717) is 12.6 Å². The van der Waals surface area contributed by atoms with E-state index >= 15 is 0 Å². The Morgan fingerprint density at radius 3 is 2.57 bits per heavy atom. The normalized spacial score (nSPS) is 18.5. The lowest BCUT2D eigenvalue weighted by atomic mass is 10.2. The van der Waals surface area contributed by atoms with Crippen LogP contribution < -0.4 is 0 Å². The van der Waals surface area contributed by atoms with E-state index in [4.69, 9.17) is 10.2 Å². The minimum atomic E-state index is -0.743. The number of nitrogens with zero attached hydrogens (tertiary/aromatic N) is 1. The van der Waals surface area contributed by atoms with Crippen LogP contribution in [0.2, 0.25) is 0 Å². The maximum Gasteiger partial charge on any atom is 0.304 e. The Kier molecular flexibility index (Phi) is 4.35. The van der Waals surface area contributed by atoms with E-state index in [1.165, 1.54) is 12.8 Å². The molecule has 1 fully saturated rings. The summed E-state index contributed by atoms with van der Waals surface area (Å²) in [5.41, 5.74) is 0. The number of carboxylic acids is 1. The van der Waals surface area contributed by atoms with Gasteiger partial charge in [-0.3, -0.25) is 9.69 Å². The highest BCUT2D eigenvalue weighted by Gasteiger charge is 2.28. The van der Waals surface area contributed by atoms with Crippen molar-refractivity contribution >= 4 is 5.97 Å². The molecule has 0 radical (unpaired) electrons. The number of aliphatic hydroxyl groups excluding tert-OH is 1. The van der Waals surface area contributed by atoms with Gasteiger partial charge in [0.2, 0.25) is 0 Å². The average molecular weight is 201 g/mol. The Hall–Kier alpha value is -0.610. The standard InChI is InChI=1S/C10H19NO3/c1-8(12)4-6-11(9-2-3-9)7-5-10(13)14/h8-9,12H,2-7H2,1H3,(H,13,14). The van der Waals surface area contributed by atoms with Gasteiger partial charge in [0.1, 0.15) is 0 Å². The molecule has 1 aliphatic carbocycles. The second-order valence-electron chi connectivity index (χ2n) is 4.05. The van der Waals surface area contributed by atoms with E-state index in [1.54, 1.807) is 6.92 Å². The Labute approximate surface area is 84.5 Å². The molecule has 0 aromatic heterocycles. The molecule has 0 aromatic carbocycles. The molecular formula is C10H19NO3. The quantitative estimate of drug-likeness (QED) is 0.636. The van der Waals surface area contributed by atoms with E-state index < -0.39 is 5.97 Å². The van der Waals surface area contributed by atoms with Crippen LogP contribution in [0.15, 0.2) is 0 Å². The second kappa shape index (κ2) is 5.32. The number of carbonyl (C=O) groups is 1. The minimum absolute atomic E-state index is 0.205. The maximum absolute atomic E-state index is 10.4. The molecule has 0 amide bonds. The zero-order valence-corrected chi connectivity index (χ0v) is 8.65. The molecule has 1 rings (SSSR count). The Morgan fingerprint density at radius 1 is 1.50 bits per heavy atom. The van der Waals surface area contributed by atoms with E-state index in [1.807, 2.05) is 0 Å². The number of carboxylic acid groups (broad SMARTS) is 1. The molecule has 0 aliphatic heterocycles. The van der Waals surface area contributed by atoms with Gasteiger partial charge in [0.15, 0.2) is 0 Å². The molecule has 1 atom stereocenters.